The molecule has 6 nitrogen and oxygen atoms in total. The lowest BCUT2D eigenvalue weighted by Gasteiger charge is -2.19. The minimum absolute atomic E-state index is 0.336. The van der Waals surface area contributed by atoms with Gasteiger partial charge in [0.05, 0.1) is 23.5 Å². The molecule has 118 valence electrons. The predicted octanol–water partition coefficient (Wildman–Crippen LogP) is 2.45. The molecule has 0 unspecified atom stereocenters. The van der Waals surface area contributed by atoms with Gasteiger partial charge in [0.15, 0.2) is 0 Å². The largest absolute Gasteiger partial charge is 0.462 e. The maximum absolute atomic E-state index is 12.1. The monoisotopic (exact) mass is 303 g/mol. The molecule has 22 heavy (non-hydrogen) atoms. The summed E-state index contributed by atoms with van der Waals surface area (Å²) in [6.45, 7) is 3.72. The standard InChI is InChI=1S/C16H21N3O3/c1-3-22-16(20)13-10-19-12(9-15(13)17-2)8-14(18-19)11-4-6-21-7-5-11/h8-11,17H,3-7H2,1-2H3. The Morgan fingerprint density at radius 2 is 2.23 bits per heavy atom. The average Bonchev–Trinajstić information content (AvgIpc) is 2.97. The fraction of sp³-hybridized carbons (Fsp3) is 0.500. The Balaban J connectivity index is 1.98. The van der Waals surface area contributed by atoms with E-state index < -0.39 is 0 Å². The summed E-state index contributed by atoms with van der Waals surface area (Å²) in [4.78, 5) is 12.1. The topological polar surface area (TPSA) is 64.9 Å². The highest BCUT2D eigenvalue weighted by Crippen LogP contribution is 2.28. The number of fused-ring (bicyclic) bond motifs is 1. The van der Waals surface area contributed by atoms with Crippen molar-refractivity contribution in [2.45, 2.75) is 25.7 Å². The summed E-state index contributed by atoms with van der Waals surface area (Å²) >= 11 is 0. The number of carbonyl (C=O) groups is 1. The van der Waals surface area contributed by atoms with Crippen LogP contribution in [-0.4, -0.2) is 42.5 Å². The Labute approximate surface area is 129 Å². The van der Waals surface area contributed by atoms with E-state index in [1.165, 1.54) is 0 Å². The van der Waals surface area contributed by atoms with Gasteiger partial charge >= 0.3 is 5.97 Å². The normalized spacial score (nSPS) is 15.9. The van der Waals surface area contributed by atoms with E-state index in [0.717, 1.165) is 43.0 Å². The number of carbonyl (C=O) groups excluding carboxylic acids is 1. The van der Waals surface area contributed by atoms with E-state index in [1.807, 2.05) is 6.07 Å². The average molecular weight is 303 g/mol. The number of nitrogens with zero attached hydrogens (tertiary/aromatic N) is 2. The van der Waals surface area contributed by atoms with Crippen molar-refractivity contribution in [1.29, 1.82) is 0 Å². The molecule has 1 aliphatic rings. The van der Waals surface area contributed by atoms with Gasteiger partial charge in [0.2, 0.25) is 0 Å². The predicted molar refractivity (Wildman–Crippen MR) is 83.5 cm³/mol. The van der Waals surface area contributed by atoms with Gasteiger partial charge in [0, 0.05) is 32.4 Å². The molecule has 1 aliphatic heterocycles. The zero-order valence-electron chi connectivity index (χ0n) is 13.0. The molecule has 0 aromatic carbocycles. The summed E-state index contributed by atoms with van der Waals surface area (Å²) in [6, 6.07) is 4.02. The smallest absolute Gasteiger partial charge is 0.341 e. The number of anilines is 1. The van der Waals surface area contributed by atoms with Crippen molar-refractivity contribution in [2.24, 2.45) is 0 Å². The van der Waals surface area contributed by atoms with Crippen LogP contribution in [0.15, 0.2) is 18.3 Å². The molecule has 2 aromatic heterocycles. The summed E-state index contributed by atoms with van der Waals surface area (Å²) in [5.74, 6) is 0.0922. The second-order valence-corrected chi connectivity index (χ2v) is 5.40. The van der Waals surface area contributed by atoms with Gasteiger partial charge in [-0.1, -0.05) is 0 Å². The molecule has 3 heterocycles. The van der Waals surface area contributed by atoms with E-state index in [0.29, 0.717) is 18.1 Å². The maximum atomic E-state index is 12.1. The molecule has 1 N–H and O–H groups in total. The highest BCUT2D eigenvalue weighted by atomic mass is 16.5. The molecule has 0 spiro atoms. The van der Waals surface area contributed by atoms with Gasteiger partial charge in [0.25, 0.3) is 0 Å². The number of pyridine rings is 1. The Kier molecular flexibility index (Phi) is 4.29. The van der Waals surface area contributed by atoms with E-state index in [9.17, 15) is 4.79 Å². The first-order valence-corrected chi connectivity index (χ1v) is 7.69. The first kappa shape index (κ1) is 14.8. The van der Waals surface area contributed by atoms with Gasteiger partial charge in [-0.2, -0.15) is 5.10 Å². The second kappa shape index (κ2) is 6.36. The fourth-order valence-electron chi connectivity index (χ4n) is 2.83. The van der Waals surface area contributed by atoms with E-state index in [4.69, 9.17) is 9.47 Å². The minimum Gasteiger partial charge on any atom is -0.462 e. The van der Waals surface area contributed by atoms with Crippen molar-refractivity contribution >= 4 is 17.2 Å². The number of ether oxygens (including phenoxy) is 2. The van der Waals surface area contributed by atoms with Crippen LogP contribution in [0.25, 0.3) is 5.52 Å². The van der Waals surface area contributed by atoms with Crippen molar-refractivity contribution in [3.63, 3.8) is 0 Å². The number of hydrogen-bond acceptors (Lipinski definition) is 5. The molecule has 3 rings (SSSR count). The quantitative estimate of drug-likeness (QED) is 0.879. The fourth-order valence-corrected chi connectivity index (χ4v) is 2.83. The van der Waals surface area contributed by atoms with Gasteiger partial charge in [-0.05, 0) is 31.9 Å². The Hall–Kier alpha value is -2.08. The number of hydrogen-bond donors (Lipinski definition) is 1. The highest BCUT2D eigenvalue weighted by Gasteiger charge is 2.20. The zero-order valence-corrected chi connectivity index (χ0v) is 13.0. The van der Waals surface area contributed by atoms with E-state index >= 15 is 0 Å². The number of rotatable bonds is 4. The molecular formula is C16H21N3O3. The van der Waals surface area contributed by atoms with E-state index in [2.05, 4.69) is 16.5 Å². The molecule has 0 amide bonds. The maximum Gasteiger partial charge on any atom is 0.341 e. The molecular weight excluding hydrogens is 282 g/mol. The van der Waals surface area contributed by atoms with Crippen LogP contribution in [0.2, 0.25) is 0 Å². The number of aromatic nitrogens is 2. The summed E-state index contributed by atoms with van der Waals surface area (Å²) in [5, 5.41) is 7.69. The Morgan fingerprint density at radius 3 is 2.91 bits per heavy atom. The lowest BCUT2D eigenvalue weighted by atomic mass is 9.97. The van der Waals surface area contributed by atoms with Crippen LogP contribution in [0.1, 0.15) is 41.7 Å². The number of nitrogens with one attached hydrogen (secondary N) is 1. The molecule has 0 atom stereocenters. The molecule has 0 saturated carbocycles. The van der Waals surface area contributed by atoms with E-state index in [-0.39, 0.29) is 5.97 Å². The molecule has 2 aromatic rings. The third-order valence-electron chi connectivity index (χ3n) is 4.02. The van der Waals surface area contributed by atoms with E-state index in [1.54, 1.807) is 24.7 Å². The summed E-state index contributed by atoms with van der Waals surface area (Å²) in [7, 11) is 1.80. The number of esters is 1. The van der Waals surface area contributed by atoms with Gasteiger partial charge < -0.3 is 14.8 Å². The van der Waals surface area contributed by atoms with Crippen molar-refractivity contribution < 1.29 is 14.3 Å². The molecule has 0 radical (unpaired) electrons. The van der Waals surface area contributed by atoms with Crippen LogP contribution < -0.4 is 5.32 Å². The van der Waals surface area contributed by atoms with Crippen molar-refractivity contribution in [1.82, 2.24) is 9.61 Å². The molecule has 1 saturated heterocycles. The molecule has 0 bridgehead atoms. The van der Waals surface area contributed by atoms with Crippen LogP contribution in [0, 0.1) is 0 Å². The minimum atomic E-state index is -0.336. The third kappa shape index (κ3) is 2.78. The van der Waals surface area contributed by atoms with Gasteiger partial charge in [-0.25, -0.2) is 9.31 Å². The summed E-state index contributed by atoms with van der Waals surface area (Å²) < 4.78 is 12.3. The first-order chi connectivity index (χ1) is 10.7. The highest BCUT2D eigenvalue weighted by molar-refractivity contribution is 5.96. The van der Waals surface area contributed by atoms with Gasteiger partial charge in [-0.15, -0.1) is 0 Å². The molecule has 6 heteroatoms. The van der Waals surface area contributed by atoms with Gasteiger partial charge in [0.1, 0.15) is 5.56 Å². The molecule has 0 aliphatic carbocycles. The SMILES string of the molecule is CCOC(=O)c1cn2nc(C3CCOCC3)cc2cc1NC. The Bertz CT molecular complexity index is 675. The first-order valence-electron chi connectivity index (χ1n) is 7.69. The zero-order chi connectivity index (χ0) is 15.5. The third-order valence-corrected chi connectivity index (χ3v) is 4.02. The van der Waals surface area contributed by atoms with Crippen LogP contribution in [0.4, 0.5) is 5.69 Å². The van der Waals surface area contributed by atoms with Crippen LogP contribution in [-0.2, 0) is 9.47 Å². The van der Waals surface area contributed by atoms with Crippen molar-refractivity contribution in [2.75, 3.05) is 32.2 Å². The van der Waals surface area contributed by atoms with Crippen molar-refractivity contribution in [3.8, 4) is 0 Å². The summed E-state index contributed by atoms with van der Waals surface area (Å²) in [5.41, 5.74) is 3.29. The van der Waals surface area contributed by atoms with Crippen LogP contribution >= 0.6 is 0 Å². The summed E-state index contributed by atoms with van der Waals surface area (Å²) in [6.07, 6.45) is 3.73. The van der Waals surface area contributed by atoms with Crippen LogP contribution in [0.3, 0.4) is 0 Å². The lowest BCUT2D eigenvalue weighted by molar-refractivity contribution is 0.0527. The Morgan fingerprint density at radius 1 is 1.45 bits per heavy atom. The second-order valence-electron chi connectivity index (χ2n) is 5.40. The van der Waals surface area contributed by atoms with Crippen LogP contribution in [0.5, 0.6) is 0 Å². The molecule has 1 fully saturated rings. The lowest BCUT2D eigenvalue weighted by Crippen LogP contribution is -2.14. The van der Waals surface area contributed by atoms with Crippen molar-refractivity contribution in [3.05, 3.63) is 29.6 Å². The van der Waals surface area contributed by atoms with Gasteiger partial charge in [-0.3, -0.25) is 0 Å².